The van der Waals surface area contributed by atoms with E-state index < -0.39 is 11.4 Å². The van der Waals surface area contributed by atoms with E-state index in [0.717, 1.165) is 44.7 Å². The largest absolute Gasteiger partial charge is 0.598 e. The van der Waals surface area contributed by atoms with Gasteiger partial charge < -0.3 is 9.08 Å². The van der Waals surface area contributed by atoms with E-state index >= 15 is 0 Å². The zero-order valence-electron chi connectivity index (χ0n) is 18.9. The molecule has 5 aromatic rings. The monoisotopic (exact) mass is 471 g/mol. The van der Waals surface area contributed by atoms with Crippen molar-refractivity contribution < 1.29 is 9.08 Å². The van der Waals surface area contributed by atoms with Crippen LogP contribution in [0, 0.1) is 0 Å². The molecule has 0 aliphatic carbocycles. The average molecular weight is 472 g/mol. The summed E-state index contributed by atoms with van der Waals surface area (Å²) in [6.07, 6.45) is 4.12. The van der Waals surface area contributed by atoms with E-state index in [2.05, 4.69) is 20.1 Å². The van der Waals surface area contributed by atoms with Gasteiger partial charge in [0.25, 0.3) is 0 Å². The summed E-state index contributed by atoms with van der Waals surface area (Å²) in [5.74, 6) is 0. The van der Waals surface area contributed by atoms with E-state index in [-0.39, 0.29) is 11.3 Å². The quantitative estimate of drug-likeness (QED) is 0.301. The lowest BCUT2D eigenvalue weighted by Gasteiger charge is -2.24. The molecule has 0 bridgehead atoms. The minimum absolute atomic E-state index is 0.0345. The highest BCUT2D eigenvalue weighted by molar-refractivity contribution is 7.90. The second-order valence-corrected chi connectivity index (χ2v) is 10.1. The second kappa shape index (κ2) is 9.80. The van der Waals surface area contributed by atoms with Crippen LogP contribution in [0.3, 0.4) is 0 Å². The molecule has 0 spiro atoms. The van der Waals surface area contributed by atoms with Crippen molar-refractivity contribution in [2.45, 2.75) is 31.6 Å². The third-order valence-electron chi connectivity index (χ3n) is 5.67. The fourth-order valence-corrected chi connectivity index (χ4v) is 4.71. The molecule has 7 nitrogen and oxygen atoms in total. The van der Waals surface area contributed by atoms with Crippen molar-refractivity contribution in [3.63, 3.8) is 0 Å². The van der Waals surface area contributed by atoms with Crippen LogP contribution < -0.4 is 4.72 Å². The molecule has 0 aliphatic heterocycles. The smallest absolute Gasteiger partial charge is 0.167 e. The van der Waals surface area contributed by atoms with Gasteiger partial charge in [-0.2, -0.15) is 5.10 Å². The Kier molecular flexibility index (Phi) is 6.44. The Hall–Kier alpha value is -3.46. The normalized spacial score (nSPS) is 13.4. The lowest BCUT2D eigenvalue weighted by atomic mass is 9.94. The van der Waals surface area contributed by atoms with Gasteiger partial charge in [0.2, 0.25) is 0 Å². The SMILES string of the molecule is CC(C)[S+]([O-])NC(Cc1cccc(-c2cn[nH]c2)n1)c1ccccc1-c1noc2ccccc12. The molecule has 5 rings (SSSR count). The minimum atomic E-state index is -1.23. The molecule has 34 heavy (non-hydrogen) atoms. The predicted octanol–water partition coefficient (Wildman–Crippen LogP) is 5.23. The van der Waals surface area contributed by atoms with E-state index in [1.54, 1.807) is 6.20 Å². The molecule has 0 radical (unpaired) electrons. The van der Waals surface area contributed by atoms with Crippen molar-refractivity contribution in [1.82, 2.24) is 25.1 Å². The summed E-state index contributed by atoms with van der Waals surface area (Å²) in [5.41, 5.74) is 6.09. The van der Waals surface area contributed by atoms with Gasteiger partial charge >= 0.3 is 0 Å². The second-order valence-electron chi connectivity index (χ2n) is 8.34. The molecule has 2 atom stereocenters. The molecule has 0 amide bonds. The third-order valence-corrected chi connectivity index (χ3v) is 7.04. The number of hydrogen-bond acceptors (Lipinski definition) is 6. The Morgan fingerprint density at radius 1 is 1.03 bits per heavy atom. The number of nitrogens with one attached hydrogen (secondary N) is 2. The lowest BCUT2D eigenvalue weighted by molar-refractivity contribution is 0.459. The summed E-state index contributed by atoms with van der Waals surface area (Å²) in [5, 5.41) is 12.1. The number of pyridine rings is 1. The molecule has 0 saturated carbocycles. The fourth-order valence-electron chi connectivity index (χ4n) is 3.94. The maximum absolute atomic E-state index is 12.9. The van der Waals surface area contributed by atoms with Crippen LogP contribution in [0.1, 0.15) is 31.1 Å². The summed E-state index contributed by atoms with van der Waals surface area (Å²) < 4.78 is 21.8. The average Bonchev–Trinajstić information content (AvgIpc) is 3.54. The highest BCUT2D eigenvalue weighted by Gasteiger charge is 2.26. The summed E-state index contributed by atoms with van der Waals surface area (Å²) in [4.78, 5) is 4.84. The minimum Gasteiger partial charge on any atom is -0.598 e. The van der Waals surface area contributed by atoms with Gasteiger partial charge in [0, 0.05) is 46.2 Å². The number of aromatic amines is 1. The van der Waals surface area contributed by atoms with E-state index in [1.165, 1.54) is 0 Å². The molecule has 0 aliphatic rings. The number of aromatic nitrogens is 4. The van der Waals surface area contributed by atoms with Crippen LogP contribution in [0.25, 0.3) is 33.5 Å². The van der Waals surface area contributed by atoms with Crippen LogP contribution in [-0.2, 0) is 17.8 Å². The first-order valence-corrected chi connectivity index (χ1v) is 12.4. The fraction of sp³-hybridized carbons (Fsp3) is 0.192. The lowest BCUT2D eigenvalue weighted by Crippen LogP contribution is -2.35. The van der Waals surface area contributed by atoms with Crippen LogP contribution in [0.5, 0.6) is 0 Å². The number of rotatable bonds is 8. The highest BCUT2D eigenvalue weighted by Crippen LogP contribution is 2.34. The third kappa shape index (κ3) is 4.61. The van der Waals surface area contributed by atoms with Crippen LogP contribution >= 0.6 is 0 Å². The van der Waals surface area contributed by atoms with E-state index in [4.69, 9.17) is 9.51 Å². The van der Waals surface area contributed by atoms with E-state index in [0.29, 0.717) is 6.42 Å². The Morgan fingerprint density at radius 2 is 1.85 bits per heavy atom. The molecular weight excluding hydrogens is 446 g/mol. The van der Waals surface area contributed by atoms with Crippen molar-refractivity contribution in [3.05, 3.63) is 90.4 Å². The number of para-hydroxylation sites is 1. The topological polar surface area (TPSA) is 103 Å². The van der Waals surface area contributed by atoms with Gasteiger partial charge in [-0.05, 0) is 43.7 Å². The summed E-state index contributed by atoms with van der Waals surface area (Å²) >= 11 is -1.23. The van der Waals surface area contributed by atoms with Gasteiger partial charge in [-0.15, -0.1) is 4.72 Å². The standard InChI is InChI=1S/C26H25N5O2S/c1-17(2)34(32)31-24(14-19-8-7-12-23(29-19)18-15-27-28-16-18)20-9-3-4-10-21(20)26-22-11-5-6-13-25(22)33-30-26/h3-13,15-17,24,31H,14H2,1-2H3,(H,27,28). The van der Waals surface area contributed by atoms with Crippen molar-refractivity contribution in [3.8, 4) is 22.5 Å². The van der Waals surface area contributed by atoms with Gasteiger partial charge in [-0.1, -0.05) is 47.6 Å². The summed E-state index contributed by atoms with van der Waals surface area (Å²) in [6.45, 7) is 3.88. The van der Waals surface area contributed by atoms with Gasteiger partial charge in [0.05, 0.1) is 17.9 Å². The van der Waals surface area contributed by atoms with Crippen molar-refractivity contribution in [2.75, 3.05) is 0 Å². The molecule has 3 heterocycles. The molecule has 2 aromatic carbocycles. The number of H-pyrrole nitrogens is 1. The first-order chi connectivity index (χ1) is 16.6. The molecule has 0 saturated heterocycles. The maximum Gasteiger partial charge on any atom is 0.167 e. The van der Waals surface area contributed by atoms with Crippen LogP contribution in [0.15, 0.2) is 83.6 Å². The maximum atomic E-state index is 12.9. The summed E-state index contributed by atoms with van der Waals surface area (Å²) in [6, 6.07) is 21.5. The van der Waals surface area contributed by atoms with E-state index in [9.17, 15) is 4.55 Å². The molecule has 2 N–H and O–H groups in total. The van der Waals surface area contributed by atoms with Crippen molar-refractivity contribution >= 4 is 22.3 Å². The Balaban J connectivity index is 1.56. The van der Waals surface area contributed by atoms with E-state index in [1.807, 2.05) is 86.8 Å². The van der Waals surface area contributed by atoms with Crippen molar-refractivity contribution in [2.24, 2.45) is 0 Å². The number of fused-ring (bicyclic) bond motifs is 1. The van der Waals surface area contributed by atoms with Crippen LogP contribution in [-0.4, -0.2) is 30.1 Å². The molecule has 2 unspecified atom stereocenters. The first kappa shape index (κ1) is 22.3. The number of nitrogens with zero attached hydrogens (tertiary/aromatic N) is 3. The molecule has 0 fully saturated rings. The zero-order valence-corrected chi connectivity index (χ0v) is 19.8. The number of hydrogen-bond donors (Lipinski definition) is 2. The number of benzene rings is 2. The Morgan fingerprint density at radius 3 is 2.68 bits per heavy atom. The molecular formula is C26H25N5O2S. The molecule has 172 valence electrons. The highest BCUT2D eigenvalue weighted by atomic mass is 32.2. The van der Waals surface area contributed by atoms with Crippen molar-refractivity contribution in [1.29, 1.82) is 0 Å². The van der Waals surface area contributed by atoms with Crippen LogP contribution in [0.2, 0.25) is 0 Å². The van der Waals surface area contributed by atoms with Crippen LogP contribution in [0.4, 0.5) is 0 Å². The summed E-state index contributed by atoms with van der Waals surface area (Å²) in [7, 11) is 0. The zero-order chi connectivity index (χ0) is 23.5. The predicted molar refractivity (Wildman–Crippen MR) is 134 cm³/mol. The Bertz CT molecular complexity index is 1380. The van der Waals surface area contributed by atoms with Gasteiger partial charge in [0.15, 0.2) is 5.58 Å². The van der Waals surface area contributed by atoms with Gasteiger partial charge in [-0.25, -0.2) is 0 Å². The first-order valence-electron chi connectivity index (χ1n) is 11.2. The molecule has 3 aromatic heterocycles. The molecule has 8 heteroatoms. The van der Waals surface area contributed by atoms with Gasteiger partial charge in [-0.3, -0.25) is 10.1 Å². The Labute approximate surface area is 200 Å². The van der Waals surface area contributed by atoms with Gasteiger partial charge in [0.1, 0.15) is 10.9 Å².